The van der Waals surface area contributed by atoms with Crippen molar-refractivity contribution < 1.29 is 9.59 Å². The summed E-state index contributed by atoms with van der Waals surface area (Å²) in [7, 11) is 1.84. The molecule has 0 aromatic carbocycles. The minimum Gasteiger partial charge on any atom is -0.355 e. The van der Waals surface area contributed by atoms with Gasteiger partial charge < -0.3 is 10.2 Å². The zero-order chi connectivity index (χ0) is 12.5. The van der Waals surface area contributed by atoms with Gasteiger partial charge in [0.05, 0.1) is 0 Å². The number of allylic oxidation sites excluding steroid dienone is 1. The van der Waals surface area contributed by atoms with Crippen LogP contribution in [0.1, 0.15) is 39.0 Å². The van der Waals surface area contributed by atoms with Crippen LogP contribution in [0.15, 0.2) is 11.8 Å². The van der Waals surface area contributed by atoms with Crippen molar-refractivity contribution in [3.8, 4) is 0 Å². The molecule has 0 spiro atoms. The third kappa shape index (κ3) is 2.08. The highest BCUT2D eigenvalue weighted by Crippen LogP contribution is 2.46. The Morgan fingerprint density at radius 2 is 2.29 bits per heavy atom. The number of nitrogens with one attached hydrogen (secondary N) is 1. The fourth-order valence-corrected chi connectivity index (χ4v) is 2.88. The Kier molecular flexibility index (Phi) is 3.22. The molecule has 1 saturated heterocycles. The van der Waals surface area contributed by atoms with E-state index in [9.17, 15) is 9.59 Å². The summed E-state index contributed by atoms with van der Waals surface area (Å²) in [6, 6.07) is 0. The van der Waals surface area contributed by atoms with Crippen LogP contribution < -0.4 is 5.32 Å². The van der Waals surface area contributed by atoms with Crippen molar-refractivity contribution in [2.45, 2.75) is 39.0 Å². The Labute approximate surface area is 102 Å². The van der Waals surface area contributed by atoms with Crippen LogP contribution in [0.4, 0.5) is 0 Å². The van der Waals surface area contributed by atoms with Gasteiger partial charge in [0.2, 0.25) is 11.8 Å². The minimum atomic E-state index is 0.00743. The van der Waals surface area contributed by atoms with Crippen LogP contribution in [-0.2, 0) is 9.59 Å². The second kappa shape index (κ2) is 4.51. The Hall–Kier alpha value is -1.32. The van der Waals surface area contributed by atoms with E-state index in [1.165, 1.54) is 0 Å². The molecule has 1 aliphatic heterocycles. The third-order valence-corrected chi connectivity index (χ3v) is 4.00. The molecule has 17 heavy (non-hydrogen) atoms. The molecular formula is C13H20N2O2. The van der Waals surface area contributed by atoms with Crippen LogP contribution in [0.5, 0.6) is 0 Å². The van der Waals surface area contributed by atoms with Crippen LogP contribution in [0.3, 0.4) is 0 Å². The van der Waals surface area contributed by atoms with E-state index in [2.05, 4.69) is 11.4 Å². The van der Waals surface area contributed by atoms with E-state index in [4.69, 9.17) is 0 Å². The van der Waals surface area contributed by atoms with Gasteiger partial charge in [0.1, 0.15) is 0 Å². The van der Waals surface area contributed by atoms with Crippen LogP contribution in [0.2, 0.25) is 0 Å². The summed E-state index contributed by atoms with van der Waals surface area (Å²) in [5.74, 6) is 0.278. The lowest BCUT2D eigenvalue weighted by molar-refractivity contribution is -0.132. The van der Waals surface area contributed by atoms with Gasteiger partial charge in [-0.15, -0.1) is 0 Å². The van der Waals surface area contributed by atoms with E-state index < -0.39 is 0 Å². The first-order chi connectivity index (χ1) is 8.09. The van der Waals surface area contributed by atoms with Gasteiger partial charge in [-0.2, -0.15) is 0 Å². The summed E-state index contributed by atoms with van der Waals surface area (Å²) in [4.78, 5) is 24.8. The van der Waals surface area contributed by atoms with Crippen LogP contribution in [0, 0.1) is 5.41 Å². The highest BCUT2D eigenvalue weighted by atomic mass is 16.2. The normalized spacial score (nSPS) is 27.8. The number of likely N-dealkylation sites (tertiary alicyclic amines) is 1. The van der Waals surface area contributed by atoms with E-state index >= 15 is 0 Å². The minimum absolute atomic E-state index is 0.00743. The van der Waals surface area contributed by atoms with Crippen molar-refractivity contribution in [1.82, 2.24) is 10.2 Å². The monoisotopic (exact) mass is 236 g/mol. The van der Waals surface area contributed by atoms with Gasteiger partial charge >= 0.3 is 0 Å². The number of fused-ring (bicyclic) bond motifs is 1. The number of nitrogens with zero attached hydrogens (tertiary/aromatic N) is 1. The Bertz CT molecular complexity index is 376. The number of carbonyl (C=O) groups is 2. The first kappa shape index (κ1) is 12.1. The Balaban J connectivity index is 2.11. The van der Waals surface area contributed by atoms with Crippen LogP contribution in [0.25, 0.3) is 0 Å². The summed E-state index contributed by atoms with van der Waals surface area (Å²) < 4.78 is 0. The molecule has 0 radical (unpaired) electrons. The number of hydrogen-bond acceptors (Lipinski definition) is 2. The first-order valence-electron chi connectivity index (χ1n) is 6.33. The second-order valence-corrected chi connectivity index (χ2v) is 4.99. The van der Waals surface area contributed by atoms with Gasteiger partial charge in [0.15, 0.2) is 0 Å². The highest BCUT2D eigenvalue weighted by molar-refractivity contribution is 5.80. The molecule has 0 bridgehead atoms. The average molecular weight is 236 g/mol. The molecule has 2 amide bonds. The van der Waals surface area contributed by atoms with Gasteiger partial charge in [-0.25, -0.2) is 0 Å². The standard InChI is InChI=1S/C13H20N2O2/c1-3-11(16)14-9-13-7-4-5-10(13)15(2)12(17)6-8-13/h5H,3-4,6-9H2,1-2H3,(H,14,16). The van der Waals surface area contributed by atoms with Gasteiger partial charge in [0, 0.05) is 37.5 Å². The molecule has 0 aromatic heterocycles. The lowest BCUT2D eigenvalue weighted by Gasteiger charge is -2.41. The molecule has 0 saturated carbocycles. The van der Waals surface area contributed by atoms with E-state index in [-0.39, 0.29) is 17.2 Å². The van der Waals surface area contributed by atoms with Crippen LogP contribution >= 0.6 is 0 Å². The molecule has 2 aliphatic rings. The summed E-state index contributed by atoms with van der Waals surface area (Å²) in [6.07, 6.45) is 6.18. The van der Waals surface area contributed by atoms with E-state index in [1.807, 2.05) is 14.0 Å². The number of amides is 2. The summed E-state index contributed by atoms with van der Waals surface area (Å²) in [6.45, 7) is 2.53. The second-order valence-electron chi connectivity index (χ2n) is 4.99. The molecule has 1 atom stereocenters. The molecule has 1 fully saturated rings. The van der Waals surface area contributed by atoms with Crippen molar-refractivity contribution in [2.24, 2.45) is 5.41 Å². The van der Waals surface area contributed by atoms with E-state index in [0.717, 1.165) is 25.0 Å². The van der Waals surface area contributed by atoms with Crippen molar-refractivity contribution in [2.75, 3.05) is 13.6 Å². The maximum absolute atomic E-state index is 11.7. The fraction of sp³-hybridized carbons (Fsp3) is 0.692. The number of rotatable bonds is 3. The zero-order valence-corrected chi connectivity index (χ0v) is 10.6. The zero-order valence-electron chi connectivity index (χ0n) is 10.6. The van der Waals surface area contributed by atoms with E-state index in [1.54, 1.807) is 4.90 Å². The van der Waals surface area contributed by atoms with Crippen LogP contribution in [-0.4, -0.2) is 30.3 Å². The average Bonchev–Trinajstić information content (AvgIpc) is 2.76. The van der Waals surface area contributed by atoms with Crippen molar-refractivity contribution in [1.29, 1.82) is 0 Å². The predicted molar refractivity (Wildman–Crippen MR) is 65.1 cm³/mol. The largest absolute Gasteiger partial charge is 0.355 e. The molecule has 4 nitrogen and oxygen atoms in total. The summed E-state index contributed by atoms with van der Waals surface area (Å²) in [5, 5.41) is 2.98. The molecule has 0 aromatic rings. The fourth-order valence-electron chi connectivity index (χ4n) is 2.88. The lowest BCUT2D eigenvalue weighted by Crippen LogP contribution is -2.46. The molecule has 1 aliphatic carbocycles. The van der Waals surface area contributed by atoms with Gasteiger partial charge in [-0.05, 0) is 19.3 Å². The molecule has 94 valence electrons. The number of piperidine rings is 1. The maximum Gasteiger partial charge on any atom is 0.226 e. The summed E-state index contributed by atoms with van der Waals surface area (Å²) >= 11 is 0. The van der Waals surface area contributed by atoms with Gasteiger partial charge in [0.25, 0.3) is 0 Å². The van der Waals surface area contributed by atoms with Crippen molar-refractivity contribution in [3.05, 3.63) is 11.8 Å². The third-order valence-electron chi connectivity index (χ3n) is 4.00. The highest BCUT2D eigenvalue weighted by Gasteiger charge is 2.44. The van der Waals surface area contributed by atoms with Crippen molar-refractivity contribution in [3.63, 3.8) is 0 Å². The smallest absolute Gasteiger partial charge is 0.226 e. The predicted octanol–water partition coefficient (Wildman–Crippen LogP) is 1.43. The summed E-state index contributed by atoms with van der Waals surface area (Å²) in [5.41, 5.74) is 1.12. The van der Waals surface area contributed by atoms with Gasteiger partial charge in [-0.1, -0.05) is 13.0 Å². The molecule has 4 heteroatoms. The van der Waals surface area contributed by atoms with E-state index in [0.29, 0.717) is 19.4 Å². The number of carbonyl (C=O) groups excluding carboxylic acids is 2. The molecule has 1 unspecified atom stereocenters. The lowest BCUT2D eigenvalue weighted by atomic mass is 9.77. The quantitative estimate of drug-likeness (QED) is 0.806. The van der Waals surface area contributed by atoms with Crippen molar-refractivity contribution >= 4 is 11.8 Å². The van der Waals surface area contributed by atoms with Gasteiger partial charge in [-0.3, -0.25) is 9.59 Å². The number of hydrogen-bond donors (Lipinski definition) is 1. The molecular weight excluding hydrogens is 216 g/mol. The molecule has 2 rings (SSSR count). The Morgan fingerprint density at radius 1 is 1.53 bits per heavy atom. The molecule has 1 heterocycles. The first-order valence-corrected chi connectivity index (χ1v) is 6.33. The molecule has 1 N–H and O–H groups in total. The SMILES string of the molecule is CCC(=O)NCC12CCC=C1N(C)C(=O)CC2. The maximum atomic E-state index is 11.7. The Morgan fingerprint density at radius 3 is 3.00 bits per heavy atom. The topological polar surface area (TPSA) is 49.4 Å².